The number of carboxylic acid groups (broad SMARTS) is 1. The molecule has 0 aliphatic carbocycles. The van der Waals surface area contributed by atoms with Crippen molar-refractivity contribution >= 4 is 23.1 Å². The predicted molar refractivity (Wildman–Crippen MR) is 97.1 cm³/mol. The highest BCUT2D eigenvalue weighted by Crippen LogP contribution is 2.25. The first-order valence-electron chi connectivity index (χ1n) is 8.14. The summed E-state index contributed by atoms with van der Waals surface area (Å²) in [5.74, 6) is -0.957. The normalized spacial score (nSPS) is 15.6. The Morgan fingerprint density at radius 3 is 2.08 bits per heavy atom. The van der Waals surface area contributed by atoms with Crippen molar-refractivity contribution < 1.29 is 9.90 Å². The number of aliphatic carboxylic acids is 1. The third kappa shape index (κ3) is 4.25. The number of halogens is 1. The Bertz CT molecular complexity index is 729. The molecule has 0 aromatic heterocycles. The van der Waals surface area contributed by atoms with Crippen LogP contribution >= 0.6 is 11.6 Å². The van der Waals surface area contributed by atoms with Crippen molar-refractivity contribution in [2.24, 2.45) is 0 Å². The summed E-state index contributed by atoms with van der Waals surface area (Å²) >= 11 is 5.93. The maximum absolute atomic E-state index is 11.2. The van der Waals surface area contributed by atoms with E-state index in [0.717, 1.165) is 30.8 Å². The van der Waals surface area contributed by atoms with Gasteiger partial charge in [-0.3, -0.25) is 4.90 Å². The predicted octanol–water partition coefficient (Wildman–Crippen LogP) is 4.45. The minimum atomic E-state index is -0.957. The molecule has 2 aromatic rings. The van der Waals surface area contributed by atoms with E-state index in [1.54, 1.807) is 12.1 Å². The van der Waals surface area contributed by atoms with E-state index in [9.17, 15) is 9.90 Å². The Kier molecular flexibility index (Phi) is 5.34. The molecule has 124 valence electrons. The van der Waals surface area contributed by atoms with Crippen LogP contribution in [0.2, 0.25) is 5.02 Å². The first-order valence-corrected chi connectivity index (χ1v) is 8.52. The van der Waals surface area contributed by atoms with E-state index in [0.29, 0.717) is 10.6 Å². The molecule has 24 heavy (non-hydrogen) atoms. The number of hydrogen-bond acceptors (Lipinski definition) is 2. The Morgan fingerprint density at radius 1 is 1.00 bits per heavy atom. The van der Waals surface area contributed by atoms with Gasteiger partial charge < -0.3 is 5.11 Å². The minimum absolute atomic E-state index is 0.634. The van der Waals surface area contributed by atoms with Gasteiger partial charge in [0.25, 0.3) is 0 Å². The SMILES string of the molecule is O=C(O)C=C(c1ccc(Cl)cc1)c1ccc(CN2CCCC2)cc1. The van der Waals surface area contributed by atoms with Crippen LogP contribution in [-0.4, -0.2) is 29.1 Å². The van der Waals surface area contributed by atoms with Crippen molar-refractivity contribution in [1.82, 2.24) is 4.90 Å². The second-order valence-electron chi connectivity index (χ2n) is 6.08. The van der Waals surface area contributed by atoms with Gasteiger partial charge in [-0.25, -0.2) is 4.79 Å². The fourth-order valence-electron chi connectivity index (χ4n) is 3.07. The van der Waals surface area contributed by atoms with Crippen molar-refractivity contribution in [3.8, 4) is 0 Å². The van der Waals surface area contributed by atoms with Crippen LogP contribution < -0.4 is 0 Å². The van der Waals surface area contributed by atoms with Gasteiger partial charge in [0, 0.05) is 17.6 Å². The molecule has 1 aliphatic heterocycles. The summed E-state index contributed by atoms with van der Waals surface area (Å²) in [6.07, 6.45) is 3.80. The van der Waals surface area contributed by atoms with Crippen LogP contribution in [0.1, 0.15) is 29.5 Å². The van der Waals surface area contributed by atoms with Gasteiger partial charge >= 0.3 is 5.97 Å². The lowest BCUT2D eigenvalue weighted by Crippen LogP contribution is -2.18. The van der Waals surface area contributed by atoms with Crippen molar-refractivity contribution in [1.29, 1.82) is 0 Å². The highest BCUT2D eigenvalue weighted by Gasteiger charge is 2.12. The molecule has 0 saturated carbocycles. The molecule has 1 aliphatic rings. The Labute approximate surface area is 147 Å². The Morgan fingerprint density at radius 2 is 1.54 bits per heavy atom. The zero-order valence-electron chi connectivity index (χ0n) is 13.4. The monoisotopic (exact) mass is 341 g/mol. The average molecular weight is 342 g/mol. The first kappa shape index (κ1) is 16.7. The van der Waals surface area contributed by atoms with E-state index in [1.807, 2.05) is 24.3 Å². The standard InChI is InChI=1S/C20H20ClNO2/c21-18-9-7-17(8-10-18)19(13-20(23)24)16-5-3-15(4-6-16)14-22-11-1-2-12-22/h3-10,13H,1-2,11-12,14H2,(H,23,24). The van der Waals surface area contributed by atoms with Crippen LogP contribution in [-0.2, 0) is 11.3 Å². The molecule has 2 aromatic carbocycles. The number of carbonyl (C=O) groups is 1. The van der Waals surface area contributed by atoms with Gasteiger partial charge in [-0.15, -0.1) is 0 Å². The lowest BCUT2D eigenvalue weighted by molar-refractivity contribution is -0.131. The van der Waals surface area contributed by atoms with Gasteiger partial charge in [-0.1, -0.05) is 48.0 Å². The molecule has 1 fully saturated rings. The number of rotatable bonds is 5. The summed E-state index contributed by atoms with van der Waals surface area (Å²) in [7, 11) is 0. The molecular weight excluding hydrogens is 322 g/mol. The molecule has 1 saturated heterocycles. The first-order chi connectivity index (χ1) is 11.6. The minimum Gasteiger partial charge on any atom is -0.478 e. The molecule has 0 unspecified atom stereocenters. The third-order valence-electron chi connectivity index (χ3n) is 4.29. The van der Waals surface area contributed by atoms with Crippen LogP contribution in [0, 0.1) is 0 Å². The highest BCUT2D eigenvalue weighted by atomic mass is 35.5. The zero-order chi connectivity index (χ0) is 16.9. The maximum atomic E-state index is 11.2. The van der Waals surface area contributed by atoms with Crippen molar-refractivity contribution in [2.45, 2.75) is 19.4 Å². The molecule has 0 spiro atoms. The summed E-state index contributed by atoms with van der Waals surface area (Å²) in [6.45, 7) is 3.28. The number of benzene rings is 2. The summed E-state index contributed by atoms with van der Waals surface area (Å²) in [5.41, 5.74) is 3.68. The smallest absolute Gasteiger partial charge is 0.328 e. The van der Waals surface area contributed by atoms with E-state index in [2.05, 4.69) is 17.0 Å². The average Bonchev–Trinajstić information content (AvgIpc) is 3.07. The molecule has 1 N–H and O–H groups in total. The second kappa shape index (κ2) is 7.65. The van der Waals surface area contributed by atoms with Crippen LogP contribution in [0.15, 0.2) is 54.6 Å². The fourth-order valence-corrected chi connectivity index (χ4v) is 3.20. The van der Waals surface area contributed by atoms with Crippen LogP contribution in [0.5, 0.6) is 0 Å². The molecule has 3 nitrogen and oxygen atoms in total. The Hall–Kier alpha value is -2.10. The number of hydrogen-bond donors (Lipinski definition) is 1. The quantitative estimate of drug-likeness (QED) is 0.817. The van der Waals surface area contributed by atoms with Gasteiger partial charge in [-0.2, -0.15) is 0 Å². The van der Waals surface area contributed by atoms with E-state index in [1.165, 1.54) is 24.5 Å². The molecule has 1 heterocycles. The molecule has 0 bridgehead atoms. The van der Waals surface area contributed by atoms with E-state index in [-0.39, 0.29) is 0 Å². The summed E-state index contributed by atoms with van der Waals surface area (Å²) in [6, 6.07) is 15.4. The van der Waals surface area contributed by atoms with Crippen LogP contribution in [0.4, 0.5) is 0 Å². The van der Waals surface area contributed by atoms with Crippen molar-refractivity contribution in [3.63, 3.8) is 0 Å². The van der Waals surface area contributed by atoms with E-state index < -0.39 is 5.97 Å². The second-order valence-corrected chi connectivity index (χ2v) is 6.52. The Balaban J connectivity index is 1.85. The number of likely N-dealkylation sites (tertiary alicyclic amines) is 1. The van der Waals surface area contributed by atoms with E-state index >= 15 is 0 Å². The van der Waals surface area contributed by atoms with Gasteiger partial charge in [0.1, 0.15) is 0 Å². The molecule has 0 atom stereocenters. The number of nitrogens with zero attached hydrogens (tertiary/aromatic N) is 1. The van der Waals surface area contributed by atoms with E-state index in [4.69, 9.17) is 11.6 Å². The largest absolute Gasteiger partial charge is 0.478 e. The molecule has 4 heteroatoms. The lowest BCUT2D eigenvalue weighted by Gasteiger charge is -2.15. The highest BCUT2D eigenvalue weighted by molar-refractivity contribution is 6.30. The van der Waals surface area contributed by atoms with Gasteiger partial charge in [0.05, 0.1) is 0 Å². The molecule has 3 rings (SSSR count). The van der Waals surface area contributed by atoms with Gasteiger partial charge in [0.15, 0.2) is 0 Å². The molecular formula is C20H20ClNO2. The lowest BCUT2D eigenvalue weighted by atomic mass is 9.96. The topological polar surface area (TPSA) is 40.5 Å². The van der Waals surface area contributed by atoms with Crippen LogP contribution in [0.3, 0.4) is 0 Å². The summed E-state index contributed by atoms with van der Waals surface area (Å²) < 4.78 is 0. The summed E-state index contributed by atoms with van der Waals surface area (Å²) in [4.78, 5) is 13.7. The van der Waals surface area contributed by atoms with Gasteiger partial charge in [-0.05, 0) is 60.3 Å². The summed E-state index contributed by atoms with van der Waals surface area (Å²) in [5, 5.41) is 9.83. The maximum Gasteiger partial charge on any atom is 0.328 e. The third-order valence-corrected chi connectivity index (χ3v) is 4.54. The van der Waals surface area contributed by atoms with Crippen LogP contribution in [0.25, 0.3) is 5.57 Å². The van der Waals surface area contributed by atoms with Crippen molar-refractivity contribution in [2.75, 3.05) is 13.1 Å². The molecule has 0 radical (unpaired) electrons. The zero-order valence-corrected chi connectivity index (χ0v) is 14.2. The fraction of sp³-hybridized carbons (Fsp3) is 0.250. The van der Waals surface area contributed by atoms with Crippen molar-refractivity contribution in [3.05, 3.63) is 76.3 Å². The van der Waals surface area contributed by atoms with Gasteiger partial charge in [0.2, 0.25) is 0 Å². The molecule has 0 amide bonds. The number of carboxylic acids is 1.